The van der Waals surface area contributed by atoms with Crippen molar-refractivity contribution in [3.8, 4) is 0 Å². The molecule has 1 heterocycles. The fraction of sp³-hybridized carbons (Fsp3) is 0.500. The number of amides is 2. The van der Waals surface area contributed by atoms with E-state index in [-0.39, 0.29) is 24.3 Å². The fourth-order valence-corrected chi connectivity index (χ4v) is 2.65. The molecular formula is C16H20F3N3O2. The van der Waals surface area contributed by atoms with E-state index in [1.54, 1.807) is 30.3 Å². The Morgan fingerprint density at radius 3 is 2.54 bits per heavy atom. The summed E-state index contributed by atoms with van der Waals surface area (Å²) >= 11 is 0. The summed E-state index contributed by atoms with van der Waals surface area (Å²) in [5.74, 6) is -0.697. The van der Waals surface area contributed by atoms with E-state index in [0.29, 0.717) is 31.6 Å². The van der Waals surface area contributed by atoms with Crippen molar-refractivity contribution < 1.29 is 22.8 Å². The number of carbonyl (C=O) groups excluding carboxylic acids is 2. The Kier molecular flexibility index (Phi) is 6.19. The second-order valence-corrected chi connectivity index (χ2v) is 5.86. The van der Waals surface area contributed by atoms with Crippen LogP contribution in [0.25, 0.3) is 0 Å². The van der Waals surface area contributed by atoms with Gasteiger partial charge < -0.3 is 10.6 Å². The number of hydrogen-bond acceptors (Lipinski definition) is 3. The average molecular weight is 343 g/mol. The molecule has 2 amide bonds. The third kappa shape index (κ3) is 6.19. The van der Waals surface area contributed by atoms with Gasteiger partial charge in [0.15, 0.2) is 0 Å². The van der Waals surface area contributed by atoms with Crippen molar-refractivity contribution in [3.63, 3.8) is 0 Å². The predicted octanol–water partition coefficient (Wildman–Crippen LogP) is 1.42. The summed E-state index contributed by atoms with van der Waals surface area (Å²) < 4.78 is 36.9. The van der Waals surface area contributed by atoms with Crippen LogP contribution in [0.15, 0.2) is 30.3 Å². The highest BCUT2D eigenvalue weighted by molar-refractivity contribution is 5.96. The monoisotopic (exact) mass is 343 g/mol. The fourth-order valence-electron chi connectivity index (χ4n) is 2.65. The van der Waals surface area contributed by atoms with Crippen LogP contribution in [-0.4, -0.2) is 55.6 Å². The third-order valence-electron chi connectivity index (χ3n) is 3.81. The molecule has 8 heteroatoms. The minimum atomic E-state index is -4.19. The first-order chi connectivity index (χ1) is 11.3. The molecule has 1 aliphatic heterocycles. The third-order valence-corrected chi connectivity index (χ3v) is 3.81. The SMILES string of the molecule is O=C(CNC(=O)c1ccccc1)NC[C@H]1CCN(CC(F)(F)F)C1. The van der Waals surface area contributed by atoms with Crippen molar-refractivity contribution in [3.05, 3.63) is 35.9 Å². The molecule has 5 nitrogen and oxygen atoms in total. The highest BCUT2D eigenvalue weighted by Gasteiger charge is 2.34. The number of hydrogen-bond donors (Lipinski definition) is 2. The zero-order valence-corrected chi connectivity index (χ0v) is 13.1. The molecule has 2 rings (SSSR count). The zero-order chi connectivity index (χ0) is 17.6. The second-order valence-electron chi connectivity index (χ2n) is 5.86. The van der Waals surface area contributed by atoms with Crippen LogP contribution in [0.2, 0.25) is 0 Å². The van der Waals surface area contributed by atoms with Gasteiger partial charge in [0.25, 0.3) is 5.91 Å². The van der Waals surface area contributed by atoms with Crippen LogP contribution < -0.4 is 10.6 Å². The number of nitrogens with zero attached hydrogens (tertiary/aromatic N) is 1. The number of benzene rings is 1. The van der Waals surface area contributed by atoms with E-state index in [4.69, 9.17) is 0 Å². The number of rotatable bonds is 6. The van der Waals surface area contributed by atoms with Crippen molar-refractivity contribution in [2.75, 3.05) is 32.7 Å². The molecule has 132 valence electrons. The Bertz CT molecular complexity index is 563. The van der Waals surface area contributed by atoms with Crippen LogP contribution in [0.3, 0.4) is 0 Å². The second kappa shape index (κ2) is 8.14. The molecule has 1 aliphatic rings. The summed E-state index contributed by atoms with van der Waals surface area (Å²) in [6.07, 6.45) is -3.58. The first-order valence-electron chi connectivity index (χ1n) is 7.72. The molecule has 1 aromatic rings. The molecule has 0 saturated carbocycles. The molecule has 1 aromatic carbocycles. The van der Waals surface area contributed by atoms with Crippen molar-refractivity contribution in [1.29, 1.82) is 0 Å². The lowest BCUT2D eigenvalue weighted by molar-refractivity contribution is -0.143. The van der Waals surface area contributed by atoms with Gasteiger partial charge in [-0.05, 0) is 31.0 Å². The normalized spacial score (nSPS) is 18.4. The van der Waals surface area contributed by atoms with E-state index >= 15 is 0 Å². The minimum Gasteiger partial charge on any atom is -0.354 e. The van der Waals surface area contributed by atoms with Crippen molar-refractivity contribution >= 4 is 11.8 Å². The summed E-state index contributed by atoms with van der Waals surface area (Å²) in [5.41, 5.74) is 0.462. The maximum atomic E-state index is 12.3. The van der Waals surface area contributed by atoms with Crippen molar-refractivity contribution in [2.45, 2.75) is 12.6 Å². The maximum Gasteiger partial charge on any atom is 0.401 e. The van der Waals surface area contributed by atoms with Crippen molar-refractivity contribution in [2.24, 2.45) is 5.92 Å². The van der Waals surface area contributed by atoms with E-state index in [0.717, 1.165) is 0 Å². The highest BCUT2D eigenvalue weighted by Crippen LogP contribution is 2.22. The molecule has 1 fully saturated rings. The van der Waals surface area contributed by atoms with Gasteiger partial charge in [-0.15, -0.1) is 0 Å². The summed E-state index contributed by atoms with van der Waals surface area (Å²) in [7, 11) is 0. The van der Waals surface area contributed by atoms with E-state index in [9.17, 15) is 22.8 Å². The van der Waals surface area contributed by atoms with Crippen LogP contribution >= 0.6 is 0 Å². The Morgan fingerprint density at radius 2 is 1.88 bits per heavy atom. The maximum absolute atomic E-state index is 12.3. The van der Waals surface area contributed by atoms with Crippen LogP contribution in [0, 0.1) is 5.92 Å². The molecule has 0 aromatic heterocycles. The molecule has 2 N–H and O–H groups in total. The standard InChI is InChI=1S/C16H20F3N3O2/c17-16(18,19)11-22-7-6-12(10-22)8-20-14(23)9-21-15(24)13-4-2-1-3-5-13/h1-5,12H,6-11H2,(H,20,23)(H,21,24)/t12-/m1/s1. The van der Waals surface area contributed by atoms with Gasteiger partial charge in [0.2, 0.25) is 5.91 Å². The van der Waals surface area contributed by atoms with Gasteiger partial charge in [-0.25, -0.2) is 0 Å². The molecule has 0 bridgehead atoms. The van der Waals surface area contributed by atoms with Crippen molar-refractivity contribution in [1.82, 2.24) is 15.5 Å². The Labute approximate surface area is 138 Å². The quantitative estimate of drug-likeness (QED) is 0.821. The lowest BCUT2D eigenvalue weighted by Crippen LogP contribution is -2.39. The lowest BCUT2D eigenvalue weighted by Gasteiger charge is -2.18. The van der Waals surface area contributed by atoms with Crippen LogP contribution in [0.1, 0.15) is 16.8 Å². The number of nitrogens with one attached hydrogen (secondary N) is 2. The summed E-state index contributed by atoms with van der Waals surface area (Å²) in [6, 6.07) is 8.51. The van der Waals surface area contributed by atoms with Crippen LogP contribution in [0.4, 0.5) is 13.2 Å². The molecule has 24 heavy (non-hydrogen) atoms. The van der Waals surface area contributed by atoms with Gasteiger partial charge in [-0.1, -0.05) is 18.2 Å². The molecule has 0 radical (unpaired) electrons. The van der Waals surface area contributed by atoms with Crippen LogP contribution in [-0.2, 0) is 4.79 Å². The Morgan fingerprint density at radius 1 is 1.17 bits per heavy atom. The van der Waals surface area contributed by atoms with E-state index in [1.165, 1.54) is 4.90 Å². The van der Waals surface area contributed by atoms with E-state index < -0.39 is 12.7 Å². The first kappa shape index (κ1) is 18.3. The zero-order valence-electron chi connectivity index (χ0n) is 13.1. The molecule has 1 atom stereocenters. The Balaban J connectivity index is 1.64. The molecule has 0 unspecified atom stereocenters. The highest BCUT2D eigenvalue weighted by atomic mass is 19.4. The summed E-state index contributed by atoms with van der Waals surface area (Å²) in [5, 5.41) is 5.16. The van der Waals surface area contributed by atoms with E-state index in [2.05, 4.69) is 10.6 Å². The first-order valence-corrected chi connectivity index (χ1v) is 7.72. The van der Waals surface area contributed by atoms with E-state index in [1.807, 2.05) is 0 Å². The molecular weight excluding hydrogens is 323 g/mol. The summed E-state index contributed by atoms with van der Waals surface area (Å²) in [4.78, 5) is 24.8. The van der Waals surface area contributed by atoms with Gasteiger partial charge >= 0.3 is 6.18 Å². The van der Waals surface area contributed by atoms with Gasteiger partial charge in [0, 0.05) is 18.7 Å². The van der Waals surface area contributed by atoms with Gasteiger partial charge in [0.1, 0.15) is 0 Å². The van der Waals surface area contributed by atoms with Gasteiger partial charge in [0.05, 0.1) is 13.1 Å². The smallest absolute Gasteiger partial charge is 0.354 e. The van der Waals surface area contributed by atoms with Gasteiger partial charge in [-0.2, -0.15) is 13.2 Å². The predicted molar refractivity (Wildman–Crippen MR) is 82.4 cm³/mol. The number of halogens is 3. The lowest BCUT2D eigenvalue weighted by atomic mass is 10.1. The largest absolute Gasteiger partial charge is 0.401 e. The molecule has 0 spiro atoms. The molecule has 0 aliphatic carbocycles. The number of alkyl halides is 3. The van der Waals surface area contributed by atoms with Crippen LogP contribution in [0.5, 0.6) is 0 Å². The van der Waals surface area contributed by atoms with Gasteiger partial charge in [-0.3, -0.25) is 14.5 Å². The average Bonchev–Trinajstić information content (AvgIpc) is 2.97. The topological polar surface area (TPSA) is 61.4 Å². The number of carbonyl (C=O) groups is 2. The Hall–Kier alpha value is -2.09. The number of likely N-dealkylation sites (tertiary alicyclic amines) is 1. The summed E-state index contributed by atoms with van der Waals surface area (Å²) in [6.45, 7) is -0.0629. The minimum absolute atomic E-state index is 0.00104. The molecule has 1 saturated heterocycles.